The molecule has 1 aromatic rings. The number of nitrogens with one attached hydrogen (secondary N) is 1. The minimum atomic E-state index is -3.54. The molecule has 1 aliphatic carbocycles. The molecule has 0 saturated heterocycles. The second-order valence-corrected chi connectivity index (χ2v) is 6.76. The van der Waals surface area contributed by atoms with Crippen molar-refractivity contribution in [2.75, 3.05) is 5.73 Å². The minimum absolute atomic E-state index is 0.0267. The van der Waals surface area contributed by atoms with Crippen LogP contribution in [-0.4, -0.2) is 14.5 Å². The zero-order valence-corrected chi connectivity index (χ0v) is 11.6. The number of hydrogen-bond acceptors (Lipinski definition) is 3. The maximum atomic E-state index is 12.2. The van der Waals surface area contributed by atoms with Crippen molar-refractivity contribution >= 4 is 27.3 Å². The Morgan fingerprint density at radius 3 is 2.50 bits per heavy atom. The number of anilines is 1. The molecule has 18 heavy (non-hydrogen) atoms. The van der Waals surface area contributed by atoms with Crippen molar-refractivity contribution in [1.82, 2.24) is 4.72 Å². The molecule has 0 aromatic heterocycles. The predicted molar refractivity (Wildman–Crippen MR) is 73.1 cm³/mol. The lowest BCUT2D eigenvalue weighted by molar-refractivity contribution is 0.412. The van der Waals surface area contributed by atoms with E-state index in [-0.39, 0.29) is 16.6 Å². The van der Waals surface area contributed by atoms with Crippen molar-refractivity contribution in [3.05, 3.63) is 23.2 Å². The highest BCUT2D eigenvalue weighted by Crippen LogP contribution is 2.24. The van der Waals surface area contributed by atoms with Gasteiger partial charge in [-0.2, -0.15) is 0 Å². The van der Waals surface area contributed by atoms with Crippen LogP contribution in [0.3, 0.4) is 0 Å². The van der Waals surface area contributed by atoms with Crippen LogP contribution in [0.2, 0.25) is 5.02 Å². The molecule has 6 heteroatoms. The number of nitrogen functional groups attached to an aromatic ring is 1. The van der Waals surface area contributed by atoms with Crippen LogP contribution in [0.25, 0.3) is 0 Å². The smallest absolute Gasteiger partial charge is 0.242 e. The summed E-state index contributed by atoms with van der Waals surface area (Å²) in [7, 11) is -3.54. The fraction of sp³-hybridized carbons (Fsp3) is 0.500. The van der Waals surface area contributed by atoms with Crippen LogP contribution in [0.5, 0.6) is 0 Å². The van der Waals surface area contributed by atoms with E-state index in [2.05, 4.69) is 4.72 Å². The van der Waals surface area contributed by atoms with Gasteiger partial charge in [0.25, 0.3) is 0 Å². The maximum Gasteiger partial charge on any atom is 0.242 e. The van der Waals surface area contributed by atoms with E-state index in [1.165, 1.54) is 24.6 Å². The first-order valence-electron chi connectivity index (χ1n) is 6.06. The van der Waals surface area contributed by atoms with E-state index in [1.807, 2.05) is 0 Å². The fourth-order valence-corrected chi connectivity index (χ4v) is 3.87. The van der Waals surface area contributed by atoms with Crippen LogP contribution in [0.1, 0.15) is 32.1 Å². The fourth-order valence-electron chi connectivity index (χ4n) is 2.27. The lowest BCUT2D eigenvalue weighted by Crippen LogP contribution is -2.36. The quantitative estimate of drug-likeness (QED) is 0.840. The molecule has 4 nitrogen and oxygen atoms in total. The monoisotopic (exact) mass is 288 g/mol. The van der Waals surface area contributed by atoms with E-state index in [0.717, 1.165) is 25.7 Å². The molecule has 0 unspecified atom stereocenters. The zero-order valence-electron chi connectivity index (χ0n) is 10.0. The van der Waals surface area contributed by atoms with Gasteiger partial charge in [0, 0.05) is 11.1 Å². The Hall–Kier alpha value is -0.780. The van der Waals surface area contributed by atoms with Gasteiger partial charge in [0.2, 0.25) is 10.0 Å². The molecule has 1 aliphatic rings. The second kappa shape index (κ2) is 5.47. The number of hydrogen-bond donors (Lipinski definition) is 2. The predicted octanol–water partition coefficient (Wildman–Crippen LogP) is 2.53. The van der Waals surface area contributed by atoms with E-state index < -0.39 is 10.0 Å². The third-order valence-electron chi connectivity index (χ3n) is 3.19. The largest absolute Gasteiger partial charge is 0.398 e. The van der Waals surface area contributed by atoms with Gasteiger partial charge in [-0.15, -0.1) is 0 Å². The average molecular weight is 289 g/mol. The maximum absolute atomic E-state index is 12.2. The Labute approximate surface area is 113 Å². The SMILES string of the molecule is Nc1cc(Cl)ccc1S(=O)(=O)NC1CCCCC1. The zero-order chi connectivity index (χ0) is 13.2. The molecule has 0 bridgehead atoms. The van der Waals surface area contributed by atoms with Gasteiger partial charge < -0.3 is 5.73 Å². The van der Waals surface area contributed by atoms with Crippen LogP contribution >= 0.6 is 11.6 Å². The third-order valence-corrected chi connectivity index (χ3v) is 5.02. The van der Waals surface area contributed by atoms with Crippen LogP contribution in [0.4, 0.5) is 5.69 Å². The Kier molecular flexibility index (Phi) is 4.14. The summed E-state index contributed by atoms with van der Waals surface area (Å²) in [6.45, 7) is 0. The Morgan fingerprint density at radius 1 is 1.22 bits per heavy atom. The van der Waals surface area contributed by atoms with E-state index in [9.17, 15) is 8.42 Å². The number of benzene rings is 1. The summed E-state index contributed by atoms with van der Waals surface area (Å²) in [6, 6.07) is 4.46. The van der Waals surface area contributed by atoms with Crippen LogP contribution in [0, 0.1) is 0 Å². The lowest BCUT2D eigenvalue weighted by atomic mass is 9.96. The van der Waals surface area contributed by atoms with E-state index >= 15 is 0 Å². The molecule has 0 heterocycles. The molecule has 0 amide bonds. The first-order chi connectivity index (χ1) is 8.49. The van der Waals surface area contributed by atoms with Gasteiger partial charge >= 0.3 is 0 Å². The third kappa shape index (κ3) is 3.16. The number of sulfonamides is 1. The van der Waals surface area contributed by atoms with Crippen molar-refractivity contribution < 1.29 is 8.42 Å². The van der Waals surface area contributed by atoms with Gasteiger partial charge in [0.1, 0.15) is 4.90 Å². The summed E-state index contributed by atoms with van der Waals surface area (Å²) < 4.78 is 27.1. The van der Waals surface area contributed by atoms with Gasteiger partial charge in [-0.05, 0) is 31.0 Å². The van der Waals surface area contributed by atoms with Gasteiger partial charge in [-0.3, -0.25) is 0 Å². The van der Waals surface area contributed by atoms with Crippen molar-refractivity contribution in [2.45, 2.75) is 43.0 Å². The average Bonchev–Trinajstić information content (AvgIpc) is 2.29. The summed E-state index contributed by atoms with van der Waals surface area (Å²) in [6.07, 6.45) is 5.12. The summed E-state index contributed by atoms with van der Waals surface area (Å²) in [5.74, 6) is 0. The molecule has 0 spiro atoms. The second-order valence-electron chi connectivity index (χ2n) is 4.64. The number of nitrogens with two attached hydrogens (primary N) is 1. The molecule has 1 saturated carbocycles. The highest BCUT2D eigenvalue weighted by Gasteiger charge is 2.23. The molecule has 1 aromatic carbocycles. The van der Waals surface area contributed by atoms with Crippen molar-refractivity contribution in [3.63, 3.8) is 0 Å². The molecule has 0 atom stereocenters. The Bertz CT molecular complexity index is 525. The van der Waals surface area contributed by atoms with E-state index in [0.29, 0.717) is 5.02 Å². The van der Waals surface area contributed by atoms with Gasteiger partial charge in [-0.25, -0.2) is 13.1 Å². The normalized spacial score (nSPS) is 17.8. The molecule has 0 aliphatic heterocycles. The summed E-state index contributed by atoms with van der Waals surface area (Å²) >= 11 is 5.76. The highest BCUT2D eigenvalue weighted by molar-refractivity contribution is 7.89. The molecule has 100 valence electrons. The highest BCUT2D eigenvalue weighted by atomic mass is 35.5. The summed E-state index contributed by atoms with van der Waals surface area (Å²) in [5, 5.41) is 0.434. The first kappa shape index (κ1) is 13.6. The Balaban J connectivity index is 2.19. The van der Waals surface area contributed by atoms with Crippen molar-refractivity contribution in [2.24, 2.45) is 0 Å². The summed E-state index contributed by atoms with van der Waals surface area (Å²) in [5.41, 5.74) is 5.89. The van der Waals surface area contributed by atoms with Gasteiger partial charge in [-0.1, -0.05) is 30.9 Å². The summed E-state index contributed by atoms with van der Waals surface area (Å²) in [4.78, 5) is 0.109. The molecule has 1 fully saturated rings. The van der Waals surface area contributed by atoms with Gasteiger partial charge in [0.15, 0.2) is 0 Å². The molecule has 3 N–H and O–H groups in total. The minimum Gasteiger partial charge on any atom is -0.398 e. The van der Waals surface area contributed by atoms with Crippen molar-refractivity contribution in [3.8, 4) is 0 Å². The van der Waals surface area contributed by atoms with Crippen LogP contribution in [-0.2, 0) is 10.0 Å². The topological polar surface area (TPSA) is 72.2 Å². The Morgan fingerprint density at radius 2 is 1.89 bits per heavy atom. The molecular formula is C12H17ClN2O2S. The number of halogens is 1. The molecule has 2 rings (SSSR count). The molecular weight excluding hydrogens is 272 g/mol. The lowest BCUT2D eigenvalue weighted by Gasteiger charge is -2.22. The standard InChI is InChI=1S/C12H17ClN2O2S/c13-9-6-7-12(11(14)8-9)18(16,17)15-10-4-2-1-3-5-10/h6-8,10,15H,1-5,14H2. The molecule has 0 radical (unpaired) electrons. The van der Waals surface area contributed by atoms with E-state index in [4.69, 9.17) is 17.3 Å². The van der Waals surface area contributed by atoms with Crippen LogP contribution < -0.4 is 10.5 Å². The van der Waals surface area contributed by atoms with Crippen LogP contribution in [0.15, 0.2) is 23.1 Å². The van der Waals surface area contributed by atoms with Gasteiger partial charge in [0.05, 0.1) is 5.69 Å². The first-order valence-corrected chi connectivity index (χ1v) is 7.92. The van der Waals surface area contributed by atoms with E-state index in [1.54, 1.807) is 0 Å². The number of rotatable bonds is 3. The van der Waals surface area contributed by atoms with Crippen molar-refractivity contribution in [1.29, 1.82) is 0 Å².